The first-order chi connectivity index (χ1) is 7.55. The average Bonchev–Trinajstić information content (AvgIpc) is 3.01. The molecule has 0 bridgehead atoms. The van der Waals surface area contributed by atoms with E-state index in [0.29, 0.717) is 10.6 Å². The van der Waals surface area contributed by atoms with E-state index >= 15 is 0 Å². The molecule has 1 aromatic heterocycles. The highest BCUT2D eigenvalue weighted by atomic mass is 35.5. The number of hydrogen-bond acceptors (Lipinski definition) is 3. The molecule has 1 aromatic rings. The number of nitrogens with zero attached hydrogens (tertiary/aromatic N) is 2. The lowest BCUT2D eigenvalue weighted by molar-refractivity contribution is 0.380. The SMILES string of the molecule is Cc1c(Cl)ncnc1NCC1(C(C)C)CC1. The van der Waals surface area contributed by atoms with Gasteiger partial charge in [-0.05, 0) is 31.1 Å². The van der Waals surface area contributed by atoms with Gasteiger partial charge in [0.2, 0.25) is 0 Å². The summed E-state index contributed by atoms with van der Waals surface area (Å²) in [6.45, 7) is 7.50. The Hall–Kier alpha value is -0.830. The molecule has 16 heavy (non-hydrogen) atoms. The highest BCUT2D eigenvalue weighted by molar-refractivity contribution is 6.30. The van der Waals surface area contributed by atoms with Crippen molar-refractivity contribution in [3.05, 3.63) is 17.0 Å². The Balaban J connectivity index is 2.03. The summed E-state index contributed by atoms with van der Waals surface area (Å²) < 4.78 is 0. The second-order valence-corrected chi connectivity index (χ2v) is 5.37. The van der Waals surface area contributed by atoms with Crippen LogP contribution < -0.4 is 5.32 Å². The van der Waals surface area contributed by atoms with E-state index in [9.17, 15) is 0 Å². The van der Waals surface area contributed by atoms with Gasteiger partial charge in [0.15, 0.2) is 0 Å². The van der Waals surface area contributed by atoms with Crippen LogP contribution in [0, 0.1) is 18.3 Å². The van der Waals surface area contributed by atoms with Gasteiger partial charge in [-0.3, -0.25) is 0 Å². The first kappa shape index (κ1) is 11.6. The number of aromatic nitrogens is 2. The summed E-state index contributed by atoms with van der Waals surface area (Å²) in [7, 11) is 0. The van der Waals surface area contributed by atoms with Gasteiger partial charge in [-0.1, -0.05) is 25.4 Å². The molecule has 3 nitrogen and oxygen atoms in total. The largest absolute Gasteiger partial charge is 0.369 e. The molecule has 0 atom stereocenters. The van der Waals surface area contributed by atoms with Crippen molar-refractivity contribution in [3.63, 3.8) is 0 Å². The number of hydrogen-bond donors (Lipinski definition) is 1. The number of anilines is 1. The normalized spacial score (nSPS) is 17.6. The van der Waals surface area contributed by atoms with Crippen molar-refractivity contribution in [1.29, 1.82) is 0 Å². The van der Waals surface area contributed by atoms with Crippen LogP contribution in [0.4, 0.5) is 5.82 Å². The first-order valence-corrected chi connectivity index (χ1v) is 6.14. The van der Waals surface area contributed by atoms with Crippen molar-refractivity contribution in [2.75, 3.05) is 11.9 Å². The minimum absolute atomic E-state index is 0.476. The Morgan fingerprint density at radius 2 is 2.12 bits per heavy atom. The van der Waals surface area contributed by atoms with E-state index in [1.54, 1.807) is 0 Å². The van der Waals surface area contributed by atoms with Crippen molar-refractivity contribution in [2.45, 2.75) is 33.6 Å². The molecule has 0 radical (unpaired) electrons. The van der Waals surface area contributed by atoms with Crippen molar-refractivity contribution < 1.29 is 0 Å². The molecule has 1 saturated carbocycles. The maximum atomic E-state index is 5.95. The fourth-order valence-corrected chi connectivity index (χ4v) is 2.12. The molecule has 1 heterocycles. The smallest absolute Gasteiger partial charge is 0.137 e. The fraction of sp³-hybridized carbons (Fsp3) is 0.667. The summed E-state index contributed by atoms with van der Waals surface area (Å²) in [5, 5.41) is 3.94. The lowest BCUT2D eigenvalue weighted by atomic mass is 9.92. The molecule has 1 N–H and O–H groups in total. The van der Waals surface area contributed by atoms with Crippen molar-refractivity contribution >= 4 is 17.4 Å². The van der Waals surface area contributed by atoms with Gasteiger partial charge in [0, 0.05) is 12.1 Å². The zero-order valence-corrected chi connectivity index (χ0v) is 10.8. The summed E-state index contributed by atoms with van der Waals surface area (Å²) in [6.07, 6.45) is 4.14. The topological polar surface area (TPSA) is 37.8 Å². The Kier molecular flexibility index (Phi) is 3.06. The van der Waals surface area contributed by atoms with E-state index in [4.69, 9.17) is 11.6 Å². The van der Waals surface area contributed by atoms with Crippen LogP contribution in [0.25, 0.3) is 0 Å². The maximum Gasteiger partial charge on any atom is 0.137 e. The first-order valence-electron chi connectivity index (χ1n) is 5.76. The maximum absolute atomic E-state index is 5.95. The van der Waals surface area contributed by atoms with Crippen LogP contribution >= 0.6 is 11.6 Å². The van der Waals surface area contributed by atoms with Crippen LogP contribution in [0.5, 0.6) is 0 Å². The molecule has 1 aliphatic rings. The van der Waals surface area contributed by atoms with Crippen molar-refractivity contribution in [1.82, 2.24) is 9.97 Å². The zero-order chi connectivity index (χ0) is 11.8. The van der Waals surface area contributed by atoms with Crippen LogP contribution in [-0.2, 0) is 0 Å². The minimum Gasteiger partial charge on any atom is -0.369 e. The third-order valence-electron chi connectivity index (χ3n) is 3.75. The van der Waals surface area contributed by atoms with Crippen molar-refractivity contribution in [2.24, 2.45) is 11.3 Å². The molecule has 1 fully saturated rings. The van der Waals surface area contributed by atoms with Crippen LogP contribution in [-0.4, -0.2) is 16.5 Å². The monoisotopic (exact) mass is 239 g/mol. The van der Waals surface area contributed by atoms with E-state index in [1.807, 2.05) is 6.92 Å². The Labute approximate surface area is 102 Å². The second kappa shape index (κ2) is 4.21. The fourth-order valence-electron chi connectivity index (χ4n) is 1.99. The molecule has 88 valence electrons. The highest BCUT2D eigenvalue weighted by Crippen LogP contribution is 2.51. The standard InChI is InChI=1S/C12H18ClN3/c1-8(2)12(4-5-12)6-14-11-9(3)10(13)15-7-16-11/h7-8H,4-6H2,1-3H3,(H,14,15,16). The van der Waals surface area contributed by atoms with E-state index < -0.39 is 0 Å². The lowest BCUT2D eigenvalue weighted by Crippen LogP contribution is -2.21. The molecule has 0 amide bonds. The van der Waals surface area contributed by atoms with Gasteiger partial charge in [-0.2, -0.15) is 0 Å². The van der Waals surface area contributed by atoms with Gasteiger partial charge >= 0.3 is 0 Å². The van der Waals surface area contributed by atoms with E-state index in [2.05, 4.69) is 29.1 Å². The molecule has 4 heteroatoms. The van der Waals surface area contributed by atoms with E-state index in [1.165, 1.54) is 19.2 Å². The number of rotatable bonds is 4. The minimum atomic E-state index is 0.476. The van der Waals surface area contributed by atoms with Crippen LogP contribution in [0.1, 0.15) is 32.3 Å². The Bertz CT molecular complexity index is 386. The molecule has 2 rings (SSSR count). The molecular formula is C12H18ClN3. The summed E-state index contributed by atoms with van der Waals surface area (Å²) in [4.78, 5) is 8.17. The number of nitrogens with one attached hydrogen (secondary N) is 1. The van der Waals surface area contributed by atoms with Gasteiger partial charge in [-0.25, -0.2) is 9.97 Å². The predicted molar refractivity (Wildman–Crippen MR) is 66.8 cm³/mol. The van der Waals surface area contributed by atoms with Crippen LogP contribution in [0.15, 0.2) is 6.33 Å². The molecule has 0 aromatic carbocycles. The highest BCUT2D eigenvalue weighted by Gasteiger charge is 2.45. The zero-order valence-electron chi connectivity index (χ0n) is 10.0. The van der Waals surface area contributed by atoms with Gasteiger partial charge in [0.05, 0.1) is 0 Å². The summed E-state index contributed by atoms with van der Waals surface area (Å²) in [5.41, 5.74) is 1.41. The molecule has 1 aliphatic carbocycles. The van der Waals surface area contributed by atoms with Crippen LogP contribution in [0.2, 0.25) is 5.15 Å². The molecule has 0 aliphatic heterocycles. The summed E-state index contributed by atoms with van der Waals surface area (Å²) in [6, 6.07) is 0. The van der Waals surface area contributed by atoms with Gasteiger partial charge in [-0.15, -0.1) is 0 Å². The van der Waals surface area contributed by atoms with Crippen molar-refractivity contribution in [3.8, 4) is 0 Å². The molecular weight excluding hydrogens is 222 g/mol. The Morgan fingerprint density at radius 3 is 2.69 bits per heavy atom. The molecule has 0 unspecified atom stereocenters. The second-order valence-electron chi connectivity index (χ2n) is 5.01. The number of halogens is 1. The Morgan fingerprint density at radius 1 is 1.44 bits per heavy atom. The lowest BCUT2D eigenvalue weighted by Gasteiger charge is -2.20. The van der Waals surface area contributed by atoms with Gasteiger partial charge < -0.3 is 5.32 Å². The quantitative estimate of drug-likeness (QED) is 0.820. The summed E-state index contributed by atoms with van der Waals surface area (Å²) in [5.74, 6) is 1.59. The van der Waals surface area contributed by atoms with E-state index in [-0.39, 0.29) is 0 Å². The molecule has 0 spiro atoms. The molecule has 0 saturated heterocycles. The average molecular weight is 240 g/mol. The third kappa shape index (κ3) is 2.14. The summed E-state index contributed by atoms with van der Waals surface area (Å²) >= 11 is 5.95. The van der Waals surface area contributed by atoms with Gasteiger partial charge in [0.1, 0.15) is 17.3 Å². The van der Waals surface area contributed by atoms with Crippen LogP contribution in [0.3, 0.4) is 0 Å². The predicted octanol–water partition coefficient (Wildman–Crippen LogP) is 3.29. The van der Waals surface area contributed by atoms with E-state index in [0.717, 1.165) is 23.8 Å². The van der Waals surface area contributed by atoms with Gasteiger partial charge in [0.25, 0.3) is 0 Å². The third-order valence-corrected chi connectivity index (χ3v) is 4.13.